The van der Waals surface area contributed by atoms with Crippen molar-refractivity contribution in [3.63, 3.8) is 0 Å². The maximum atomic E-state index is 14.9. The molecule has 4 amide bonds. The van der Waals surface area contributed by atoms with Gasteiger partial charge in [-0.05, 0) is 37.1 Å². The number of carbonyl (C=O) groups excluding carboxylic acids is 5. The second-order valence-electron chi connectivity index (χ2n) is 10.6. The molecule has 46 heavy (non-hydrogen) atoms. The Balaban J connectivity index is 1.82. The third kappa shape index (κ3) is 12.8. The molecule has 0 radical (unpaired) electrons. The van der Waals surface area contributed by atoms with E-state index in [1.807, 2.05) is 21.7 Å². The number of halogens is 2. The highest BCUT2D eigenvalue weighted by atomic mass is 19.1. The average molecular weight is 647 g/mol. The second kappa shape index (κ2) is 21.2. The Morgan fingerprint density at radius 2 is 0.870 bits per heavy atom. The normalized spacial score (nSPS) is 10.5. The second-order valence-corrected chi connectivity index (χ2v) is 10.6. The van der Waals surface area contributed by atoms with Crippen LogP contribution in [0.2, 0.25) is 0 Å². The Kier molecular flexibility index (Phi) is 17.4. The van der Waals surface area contributed by atoms with Crippen molar-refractivity contribution in [3.05, 3.63) is 70.3 Å². The molecule has 0 aliphatic heterocycles. The number of carbonyl (C=O) groups is 5. The van der Waals surface area contributed by atoms with Crippen LogP contribution in [0.4, 0.5) is 13.6 Å². The predicted octanol–water partition coefficient (Wildman–Crippen LogP) is 6.29. The van der Waals surface area contributed by atoms with E-state index in [1.165, 1.54) is 24.3 Å². The standard InChI is InChI=1S/C33H44F2N4O7/c1-3-5-7-9-11-13-21-45-31(42)25-19-15-17-23(27(25)34)29(40)36-38-33(44)39-37-30(41)24-18-16-20-26(28(24)35)32(43)46-22-14-12-10-8-6-4-2/h15-20H,3-14,21-22H2,1-2H3,(H,36,40)(H,37,41)(H2,38,39,44). The molecule has 13 heteroatoms. The molecule has 0 bridgehead atoms. The molecule has 0 heterocycles. The van der Waals surface area contributed by atoms with Gasteiger partial charge in [-0.3, -0.25) is 20.4 Å². The van der Waals surface area contributed by atoms with Crippen LogP contribution in [0, 0.1) is 11.6 Å². The van der Waals surface area contributed by atoms with E-state index in [4.69, 9.17) is 9.47 Å². The molecule has 252 valence electrons. The topological polar surface area (TPSA) is 152 Å². The minimum atomic E-state index is -1.16. The minimum absolute atomic E-state index is 0.117. The van der Waals surface area contributed by atoms with Gasteiger partial charge in [0, 0.05) is 0 Å². The quantitative estimate of drug-likeness (QED) is 0.0844. The summed E-state index contributed by atoms with van der Waals surface area (Å²) in [6.07, 6.45) is 11.8. The van der Waals surface area contributed by atoms with Crippen LogP contribution >= 0.6 is 0 Å². The fourth-order valence-electron chi connectivity index (χ4n) is 4.37. The molecule has 0 atom stereocenters. The third-order valence-corrected chi connectivity index (χ3v) is 6.97. The van der Waals surface area contributed by atoms with E-state index in [9.17, 15) is 32.8 Å². The molecule has 0 unspecified atom stereocenters. The summed E-state index contributed by atoms with van der Waals surface area (Å²) < 4.78 is 40.1. The number of urea groups is 1. The van der Waals surface area contributed by atoms with Gasteiger partial charge >= 0.3 is 18.0 Å². The highest BCUT2D eigenvalue weighted by Crippen LogP contribution is 2.16. The Hall–Kier alpha value is -4.55. The molecule has 0 spiro atoms. The van der Waals surface area contributed by atoms with Crippen molar-refractivity contribution in [2.45, 2.75) is 90.9 Å². The molecule has 2 aromatic rings. The number of unbranched alkanes of at least 4 members (excludes halogenated alkanes) is 10. The monoisotopic (exact) mass is 646 g/mol. The molecule has 0 aromatic heterocycles. The Bertz CT molecular complexity index is 1230. The number of ether oxygens (including phenoxy) is 2. The van der Waals surface area contributed by atoms with Crippen molar-refractivity contribution in [3.8, 4) is 0 Å². The summed E-state index contributed by atoms with van der Waals surface area (Å²) >= 11 is 0. The fraction of sp³-hybridized carbons (Fsp3) is 0.485. The van der Waals surface area contributed by atoms with E-state index in [-0.39, 0.29) is 13.2 Å². The van der Waals surface area contributed by atoms with E-state index < -0.39 is 63.7 Å². The van der Waals surface area contributed by atoms with Gasteiger partial charge in [-0.25, -0.2) is 34.0 Å². The zero-order valence-corrected chi connectivity index (χ0v) is 26.5. The Morgan fingerprint density at radius 3 is 1.26 bits per heavy atom. The van der Waals surface area contributed by atoms with Gasteiger partial charge in [0.2, 0.25) is 0 Å². The predicted molar refractivity (Wildman–Crippen MR) is 167 cm³/mol. The van der Waals surface area contributed by atoms with E-state index in [0.717, 1.165) is 76.3 Å². The van der Waals surface area contributed by atoms with Crippen LogP contribution in [0.5, 0.6) is 0 Å². The van der Waals surface area contributed by atoms with Crippen molar-refractivity contribution < 1.29 is 42.2 Å². The number of hydrogen-bond acceptors (Lipinski definition) is 7. The van der Waals surface area contributed by atoms with Crippen molar-refractivity contribution in [2.75, 3.05) is 13.2 Å². The maximum absolute atomic E-state index is 14.9. The van der Waals surface area contributed by atoms with Crippen molar-refractivity contribution >= 4 is 29.8 Å². The largest absolute Gasteiger partial charge is 0.462 e. The number of rotatable bonds is 18. The highest BCUT2D eigenvalue weighted by molar-refractivity contribution is 6.00. The van der Waals surface area contributed by atoms with Gasteiger partial charge in [-0.15, -0.1) is 0 Å². The van der Waals surface area contributed by atoms with Gasteiger partial charge in [0.1, 0.15) is 0 Å². The van der Waals surface area contributed by atoms with Crippen LogP contribution < -0.4 is 21.7 Å². The number of hydrazine groups is 2. The van der Waals surface area contributed by atoms with Gasteiger partial charge in [0.05, 0.1) is 35.5 Å². The van der Waals surface area contributed by atoms with Gasteiger partial charge in [0.15, 0.2) is 11.6 Å². The Labute approximate surface area is 268 Å². The minimum Gasteiger partial charge on any atom is -0.462 e. The number of esters is 2. The van der Waals surface area contributed by atoms with Crippen LogP contribution in [0.15, 0.2) is 36.4 Å². The molecule has 0 fully saturated rings. The van der Waals surface area contributed by atoms with Crippen molar-refractivity contribution in [1.29, 1.82) is 0 Å². The number of benzene rings is 2. The van der Waals surface area contributed by atoms with Crippen molar-refractivity contribution in [1.82, 2.24) is 21.7 Å². The number of amides is 4. The lowest BCUT2D eigenvalue weighted by Crippen LogP contribution is -2.52. The summed E-state index contributed by atoms with van der Waals surface area (Å²) in [5.41, 5.74) is 5.72. The first kappa shape index (κ1) is 37.6. The maximum Gasteiger partial charge on any atom is 0.352 e. The molecule has 2 aromatic carbocycles. The first-order valence-electron chi connectivity index (χ1n) is 15.8. The molecule has 0 aliphatic carbocycles. The first-order chi connectivity index (χ1) is 22.2. The lowest BCUT2D eigenvalue weighted by Gasteiger charge is -2.12. The molecule has 0 aliphatic rings. The summed E-state index contributed by atoms with van der Waals surface area (Å²) in [4.78, 5) is 61.7. The Morgan fingerprint density at radius 1 is 0.522 bits per heavy atom. The lowest BCUT2D eigenvalue weighted by atomic mass is 10.1. The molecular formula is C33H44F2N4O7. The van der Waals surface area contributed by atoms with Crippen LogP contribution in [-0.2, 0) is 9.47 Å². The smallest absolute Gasteiger partial charge is 0.352 e. The summed E-state index contributed by atoms with van der Waals surface area (Å²) in [5, 5.41) is 0. The summed E-state index contributed by atoms with van der Waals surface area (Å²) in [7, 11) is 0. The van der Waals surface area contributed by atoms with E-state index in [1.54, 1.807) is 0 Å². The molecule has 0 saturated heterocycles. The van der Waals surface area contributed by atoms with E-state index in [0.29, 0.717) is 12.8 Å². The van der Waals surface area contributed by atoms with Gasteiger partial charge in [-0.2, -0.15) is 0 Å². The summed E-state index contributed by atoms with van der Waals surface area (Å²) in [6.45, 7) is 4.46. The number of hydrogen-bond donors (Lipinski definition) is 4. The molecule has 0 saturated carbocycles. The molecule has 4 N–H and O–H groups in total. The van der Waals surface area contributed by atoms with E-state index >= 15 is 0 Å². The van der Waals surface area contributed by atoms with Crippen LogP contribution in [0.3, 0.4) is 0 Å². The van der Waals surface area contributed by atoms with Crippen LogP contribution in [0.25, 0.3) is 0 Å². The first-order valence-corrected chi connectivity index (χ1v) is 15.8. The SMILES string of the molecule is CCCCCCCCOC(=O)c1cccc(C(=O)NNC(=O)NNC(=O)c2cccc(C(=O)OCCCCCCCC)c2F)c1F. The summed E-state index contributed by atoms with van der Waals surface area (Å²) in [5.74, 6) is -6.30. The van der Waals surface area contributed by atoms with Crippen LogP contribution in [-0.4, -0.2) is 43.0 Å². The average Bonchev–Trinajstić information content (AvgIpc) is 3.05. The zero-order valence-electron chi connectivity index (χ0n) is 26.5. The highest BCUT2D eigenvalue weighted by Gasteiger charge is 2.22. The van der Waals surface area contributed by atoms with Gasteiger partial charge < -0.3 is 9.47 Å². The lowest BCUT2D eigenvalue weighted by molar-refractivity contribution is 0.0482. The molecule has 11 nitrogen and oxygen atoms in total. The zero-order chi connectivity index (χ0) is 33.7. The van der Waals surface area contributed by atoms with E-state index in [2.05, 4.69) is 13.8 Å². The summed E-state index contributed by atoms with van der Waals surface area (Å²) in [6, 6.07) is 5.96. The fourth-order valence-corrected chi connectivity index (χ4v) is 4.37. The van der Waals surface area contributed by atoms with Crippen LogP contribution in [0.1, 0.15) is 132 Å². The third-order valence-electron chi connectivity index (χ3n) is 6.97. The van der Waals surface area contributed by atoms with Gasteiger partial charge in [-0.1, -0.05) is 90.2 Å². The van der Waals surface area contributed by atoms with Gasteiger partial charge in [0.25, 0.3) is 11.8 Å². The number of nitrogens with one attached hydrogen (secondary N) is 4. The van der Waals surface area contributed by atoms with Crippen molar-refractivity contribution in [2.24, 2.45) is 0 Å². The molecular weight excluding hydrogens is 602 g/mol. The molecule has 2 rings (SSSR count).